The minimum absolute atomic E-state index is 0.0967. The van der Waals surface area contributed by atoms with Crippen molar-refractivity contribution in [3.8, 4) is 22.7 Å². The fraction of sp³-hybridized carbons (Fsp3) is 0.387. The third kappa shape index (κ3) is 7.70. The number of ether oxygens (including phenoxy) is 1. The van der Waals surface area contributed by atoms with E-state index in [2.05, 4.69) is 20.0 Å². The van der Waals surface area contributed by atoms with Crippen molar-refractivity contribution in [2.45, 2.75) is 63.6 Å². The minimum atomic E-state index is -5.09. The molecule has 8 N–H and O–H groups in total. The first-order chi connectivity index (χ1) is 21.3. The number of H-pyrrole nitrogens is 1. The Morgan fingerprint density at radius 3 is 2.64 bits per heavy atom. The number of hydrogen-bond donors (Lipinski definition) is 6. The van der Waals surface area contributed by atoms with Crippen LogP contribution in [0.4, 0.5) is 17.6 Å². The summed E-state index contributed by atoms with van der Waals surface area (Å²) in [6.45, 7) is 2.47. The first kappa shape index (κ1) is 32.1. The van der Waals surface area contributed by atoms with Gasteiger partial charge in [0.1, 0.15) is 5.65 Å². The number of aliphatic hydroxyl groups is 1. The Balaban J connectivity index is 1.42. The average Bonchev–Trinajstić information content (AvgIpc) is 3.59. The maximum absolute atomic E-state index is 15.4. The molecule has 1 saturated heterocycles. The molecule has 45 heavy (non-hydrogen) atoms. The summed E-state index contributed by atoms with van der Waals surface area (Å²) >= 11 is 0. The van der Waals surface area contributed by atoms with E-state index in [1.165, 1.54) is 22.9 Å². The fourth-order valence-corrected chi connectivity index (χ4v) is 5.76. The molecule has 10 nitrogen and oxygen atoms in total. The number of alkyl halides is 3. The largest absolute Gasteiger partial charge is 0.573 e. The van der Waals surface area contributed by atoms with Crippen molar-refractivity contribution in [2.75, 3.05) is 6.54 Å². The van der Waals surface area contributed by atoms with Gasteiger partial charge in [-0.15, -0.1) is 13.2 Å². The lowest BCUT2D eigenvalue weighted by Crippen LogP contribution is -2.28. The van der Waals surface area contributed by atoms with Crippen LogP contribution in [0.2, 0.25) is 0 Å². The van der Waals surface area contributed by atoms with E-state index in [0.717, 1.165) is 6.07 Å². The number of hydrogen-bond acceptors (Lipinski definition) is 7. The van der Waals surface area contributed by atoms with Gasteiger partial charge in [-0.3, -0.25) is 9.98 Å². The highest BCUT2D eigenvalue weighted by Crippen LogP contribution is 2.35. The summed E-state index contributed by atoms with van der Waals surface area (Å²) in [6, 6.07) is 10.4. The van der Waals surface area contributed by atoms with Crippen LogP contribution in [0, 0.1) is 17.1 Å². The molecule has 2 aromatic heterocycles. The molecule has 3 heterocycles. The number of amidine groups is 1. The number of aromatic nitrogens is 3. The van der Waals surface area contributed by atoms with Crippen molar-refractivity contribution in [3.63, 3.8) is 0 Å². The van der Waals surface area contributed by atoms with Gasteiger partial charge in [-0.1, -0.05) is 12.1 Å². The predicted octanol–water partition coefficient (Wildman–Crippen LogP) is 4.43. The molecule has 4 aromatic rings. The van der Waals surface area contributed by atoms with Crippen LogP contribution in [0.15, 0.2) is 53.5 Å². The third-order valence-corrected chi connectivity index (χ3v) is 7.91. The number of nitrogens with one attached hydrogen (secondary N) is 3. The van der Waals surface area contributed by atoms with Gasteiger partial charge >= 0.3 is 12.1 Å². The van der Waals surface area contributed by atoms with Crippen molar-refractivity contribution in [1.82, 2.24) is 19.9 Å². The second-order valence-electron chi connectivity index (χ2n) is 11.6. The summed E-state index contributed by atoms with van der Waals surface area (Å²) < 4.78 is 59.9. The number of benzene rings is 2. The highest BCUT2D eigenvalue weighted by Gasteiger charge is 2.34. The molecule has 1 aliphatic rings. The van der Waals surface area contributed by atoms with E-state index >= 15 is 4.39 Å². The Hall–Kier alpha value is -4.27. The highest BCUT2D eigenvalue weighted by atomic mass is 19.4. The minimum Gasteiger partial charge on any atom is -0.403 e. The molecule has 1 fully saturated rings. The maximum atomic E-state index is 15.4. The second-order valence-corrected chi connectivity index (χ2v) is 11.6. The van der Waals surface area contributed by atoms with E-state index in [9.17, 15) is 23.1 Å². The van der Waals surface area contributed by atoms with Gasteiger partial charge in [-0.05, 0) is 86.5 Å². The predicted molar refractivity (Wildman–Crippen MR) is 162 cm³/mol. The van der Waals surface area contributed by atoms with Gasteiger partial charge < -0.3 is 31.6 Å². The number of aromatic amines is 1. The SMILES string of the molecule is C[C@H](N)CCCc1cc(OC(F)(F)F)c(F)c(-c2cc3cn(-c4ccc(C(O)[C@@H]5C[C@@H](CC(=N)N)CN5)cc4)c(=O)nc3[nH]2)c1. The van der Waals surface area contributed by atoms with E-state index in [1.807, 2.05) is 6.92 Å². The van der Waals surface area contributed by atoms with Crippen LogP contribution in [0.25, 0.3) is 28.0 Å². The molecule has 4 atom stereocenters. The van der Waals surface area contributed by atoms with Crippen molar-refractivity contribution in [3.05, 3.63) is 76.1 Å². The summed E-state index contributed by atoms with van der Waals surface area (Å²) in [4.78, 5) is 19.9. The molecule has 1 aliphatic heterocycles. The molecular formula is C31H35F4N7O3. The van der Waals surface area contributed by atoms with E-state index in [4.69, 9.17) is 16.9 Å². The van der Waals surface area contributed by atoms with E-state index in [-0.39, 0.29) is 40.7 Å². The lowest BCUT2D eigenvalue weighted by atomic mass is 9.95. The van der Waals surface area contributed by atoms with Crippen LogP contribution >= 0.6 is 0 Å². The summed E-state index contributed by atoms with van der Waals surface area (Å²) in [6.07, 6.45) is -1.72. The Bertz CT molecular complexity index is 1730. The van der Waals surface area contributed by atoms with Gasteiger partial charge in [0.05, 0.1) is 23.3 Å². The monoisotopic (exact) mass is 629 g/mol. The van der Waals surface area contributed by atoms with Crippen molar-refractivity contribution >= 4 is 16.9 Å². The molecule has 0 saturated carbocycles. The zero-order valence-electron chi connectivity index (χ0n) is 24.5. The third-order valence-electron chi connectivity index (χ3n) is 7.91. The number of nitrogens with two attached hydrogens (primary N) is 2. The number of aliphatic hydroxyl groups excluding tert-OH is 1. The van der Waals surface area contributed by atoms with Gasteiger partial charge in [0.25, 0.3) is 0 Å². The van der Waals surface area contributed by atoms with Gasteiger partial charge in [-0.2, -0.15) is 4.98 Å². The van der Waals surface area contributed by atoms with Gasteiger partial charge in [-0.25, -0.2) is 9.18 Å². The van der Waals surface area contributed by atoms with E-state index in [1.54, 1.807) is 24.3 Å². The Morgan fingerprint density at radius 1 is 1.24 bits per heavy atom. The van der Waals surface area contributed by atoms with Gasteiger partial charge in [0, 0.05) is 35.7 Å². The fourth-order valence-electron chi connectivity index (χ4n) is 5.76. The summed E-state index contributed by atoms with van der Waals surface area (Å²) in [5.74, 6) is -1.88. The Labute approximate surface area is 255 Å². The molecule has 14 heteroatoms. The lowest BCUT2D eigenvalue weighted by Gasteiger charge is -2.19. The number of nitrogens with zero attached hydrogens (tertiary/aromatic N) is 2. The standard InChI is InChI=1S/C31H35F4N7O3/c1-16(36)3-2-4-17-9-22(27(32)25(11-17)45-31(33,34)35)23-13-20-15-42(30(44)41-29(20)40-23)21-7-5-19(6-8-21)28(43)24-10-18(14-39-24)12-26(37)38/h5-9,11,13,15-16,18,24,28,39,43H,2-4,10,12,14,36H2,1H3,(H3,37,38)(H,40,41,44)/t16-,18-,24-,28?/m0/s1. The summed E-state index contributed by atoms with van der Waals surface area (Å²) in [5, 5.41) is 22.1. The van der Waals surface area contributed by atoms with E-state index < -0.39 is 29.7 Å². The van der Waals surface area contributed by atoms with Crippen LogP contribution < -0.4 is 27.2 Å². The van der Waals surface area contributed by atoms with Crippen molar-refractivity contribution < 1.29 is 27.4 Å². The molecule has 1 unspecified atom stereocenters. The van der Waals surface area contributed by atoms with Gasteiger partial charge in [0.2, 0.25) is 0 Å². The van der Waals surface area contributed by atoms with Crippen molar-refractivity contribution in [2.24, 2.45) is 17.4 Å². The van der Waals surface area contributed by atoms with Crippen LogP contribution in [-0.2, 0) is 6.42 Å². The molecule has 5 rings (SSSR count). The van der Waals surface area contributed by atoms with Crippen molar-refractivity contribution in [1.29, 1.82) is 5.41 Å². The number of rotatable bonds is 11. The Morgan fingerprint density at radius 2 is 1.98 bits per heavy atom. The summed E-state index contributed by atoms with van der Waals surface area (Å²) in [7, 11) is 0. The quantitative estimate of drug-likeness (QED) is 0.0811. The second kappa shape index (κ2) is 13.0. The van der Waals surface area contributed by atoms with Crippen LogP contribution in [0.1, 0.15) is 49.8 Å². The van der Waals surface area contributed by atoms with E-state index in [0.29, 0.717) is 60.8 Å². The zero-order chi connectivity index (χ0) is 32.5. The topological polar surface area (TPSA) is 168 Å². The average molecular weight is 630 g/mol. The maximum Gasteiger partial charge on any atom is 0.573 e. The first-order valence-electron chi connectivity index (χ1n) is 14.6. The molecule has 0 radical (unpaired) electrons. The number of fused-ring (bicyclic) bond motifs is 1. The summed E-state index contributed by atoms with van der Waals surface area (Å²) in [5.41, 5.74) is 12.3. The first-order valence-corrected chi connectivity index (χ1v) is 14.6. The zero-order valence-corrected chi connectivity index (χ0v) is 24.5. The van der Waals surface area contributed by atoms with Crippen LogP contribution in [0.5, 0.6) is 5.75 Å². The Kier molecular flexibility index (Phi) is 9.28. The lowest BCUT2D eigenvalue weighted by molar-refractivity contribution is -0.275. The molecule has 0 bridgehead atoms. The van der Waals surface area contributed by atoms with Gasteiger partial charge in [0.15, 0.2) is 11.6 Å². The number of halogens is 4. The number of aryl methyl sites for hydroxylation is 1. The molecule has 0 spiro atoms. The molecule has 2 aromatic carbocycles. The molecular weight excluding hydrogens is 594 g/mol. The highest BCUT2D eigenvalue weighted by molar-refractivity contribution is 5.83. The molecule has 0 amide bonds. The van der Waals surface area contributed by atoms with Crippen LogP contribution in [-0.4, -0.2) is 50.5 Å². The normalized spacial score (nSPS) is 18.3. The molecule has 0 aliphatic carbocycles. The molecule has 240 valence electrons. The van der Waals surface area contributed by atoms with Crippen LogP contribution in [0.3, 0.4) is 0 Å². The smallest absolute Gasteiger partial charge is 0.403 e.